The van der Waals surface area contributed by atoms with Gasteiger partial charge in [0.2, 0.25) is 0 Å². The second-order valence-electron chi connectivity index (χ2n) is 6.19. The van der Waals surface area contributed by atoms with Crippen LogP contribution in [0.3, 0.4) is 0 Å². The molecule has 122 valence electrons. The van der Waals surface area contributed by atoms with Crippen molar-refractivity contribution in [2.75, 3.05) is 26.2 Å². The summed E-state index contributed by atoms with van der Waals surface area (Å²) in [7, 11) is 0. The maximum Gasteiger partial charge on any atom is 0.275 e. The van der Waals surface area contributed by atoms with Crippen molar-refractivity contribution in [1.82, 2.24) is 20.1 Å². The predicted octanol–water partition coefficient (Wildman–Crippen LogP) is 0.499. The summed E-state index contributed by atoms with van der Waals surface area (Å²) in [6.07, 6.45) is 3.66. The van der Waals surface area contributed by atoms with E-state index < -0.39 is 0 Å². The van der Waals surface area contributed by atoms with Gasteiger partial charge in [-0.1, -0.05) is 18.2 Å². The number of carbonyl (C=O) groups excluding carboxylic acids is 1. The van der Waals surface area contributed by atoms with E-state index in [1.54, 1.807) is 0 Å². The molecule has 0 atom stereocenters. The number of hydrogen-bond acceptors (Lipinski definition) is 3. The summed E-state index contributed by atoms with van der Waals surface area (Å²) in [5, 5.41) is 8.07. The molecule has 0 saturated carbocycles. The average molecular weight is 322 g/mol. The van der Waals surface area contributed by atoms with E-state index in [1.807, 2.05) is 41.6 Å². The fourth-order valence-corrected chi connectivity index (χ4v) is 3.27. The number of H-pyrrole nitrogens is 1. The third kappa shape index (κ3) is 2.88. The Balaban J connectivity index is 1.41. The van der Waals surface area contributed by atoms with Crippen LogP contribution in [0.25, 0.3) is 10.9 Å². The quantitative estimate of drug-likeness (QED) is 0.738. The van der Waals surface area contributed by atoms with E-state index in [2.05, 4.69) is 27.3 Å². The number of nitrogens with one attached hydrogen (secondary N) is 2. The van der Waals surface area contributed by atoms with Gasteiger partial charge in [-0.05, 0) is 18.2 Å². The molecule has 24 heavy (non-hydrogen) atoms. The molecular formula is C18H20N5O+. The van der Waals surface area contributed by atoms with Crippen molar-refractivity contribution in [1.29, 1.82) is 0 Å². The Hall–Kier alpha value is -2.73. The molecule has 4 rings (SSSR count). The van der Waals surface area contributed by atoms with Gasteiger partial charge in [-0.25, -0.2) is 0 Å². The van der Waals surface area contributed by atoms with Gasteiger partial charge in [0.05, 0.1) is 31.7 Å². The second kappa shape index (κ2) is 6.41. The molecule has 1 aliphatic rings. The van der Waals surface area contributed by atoms with Gasteiger partial charge in [-0.3, -0.25) is 14.9 Å². The molecule has 1 fully saturated rings. The highest BCUT2D eigenvalue weighted by Crippen LogP contribution is 2.16. The van der Waals surface area contributed by atoms with Crippen molar-refractivity contribution in [3.63, 3.8) is 0 Å². The van der Waals surface area contributed by atoms with Gasteiger partial charge in [0.1, 0.15) is 6.54 Å². The summed E-state index contributed by atoms with van der Waals surface area (Å²) in [4.78, 5) is 20.2. The minimum absolute atomic E-state index is 0.0235. The van der Waals surface area contributed by atoms with Crippen LogP contribution in [-0.2, 0) is 6.54 Å². The van der Waals surface area contributed by atoms with Gasteiger partial charge < -0.3 is 9.80 Å². The highest BCUT2D eigenvalue weighted by molar-refractivity contribution is 6.04. The number of pyridine rings is 1. The fourth-order valence-electron chi connectivity index (χ4n) is 3.27. The molecular weight excluding hydrogens is 302 g/mol. The Morgan fingerprint density at radius 3 is 2.67 bits per heavy atom. The van der Waals surface area contributed by atoms with Gasteiger partial charge >= 0.3 is 0 Å². The number of fused-ring (bicyclic) bond motifs is 1. The first-order chi connectivity index (χ1) is 11.8. The number of carbonyl (C=O) groups is 1. The number of aromatic amines is 1. The molecule has 1 saturated heterocycles. The Morgan fingerprint density at radius 1 is 1.12 bits per heavy atom. The van der Waals surface area contributed by atoms with E-state index in [1.165, 1.54) is 10.5 Å². The number of para-hydroxylation sites is 1. The van der Waals surface area contributed by atoms with E-state index in [-0.39, 0.29) is 5.91 Å². The Morgan fingerprint density at radius 2 is 1.88 bits per heavy atom. The number of rotatable bonds is 3. The summed E-state index contributed by atoms with van der Waals surface area (Å²) in [5.41, 5.74) is 2.73. The number of aromatic nitrogens is 3. The smallest absolute Gasteiger partial charge is 0.275 e. The Bertz CT molecular complexity index is 837. The van der Waals surface area contributed by atoms with E-state index in [9.17, 15) is 4.79 Å². The SMILES string of the molecule is O=C(c1n[nH]c2ccccc12)N1CC[NH+](Cc2ccncc2)CC1. The molecule has 3 aromatic rings. The summed E-state index contributed by atoms with van der Waals surface area (Å²) in [6.45, 7) is 4.42. The first-order valence-electron chi connectivity index (χ1n) is 8.26. The summed E-state index contributed by atoms with van der Waals surface area (Å²) >= 11 is 0. The molecule has 0 aliphatic carbocycles. The standard InChI is InChI=1S/C18H19N5O/c24-18(17-15-3-1-2-4-16(15)20-21-17)23-11-9-22(10-12-23)13-14-5-7-19-8-6-14/h1-8H,9-13H2,(H,20,21)/p+1. The van der Waals surface area contributed by atoms with Crippen LogP contribution >= 0.6 is 0 Å². The van der Waals surface area contributed by atoms with Crippen LogP contribution in [0, 0.1) is 0 Å². The van der Waals surface area contributed by atoms with Gasteiger partial charge in [-0.15, -0.1) is 0 Å². The van der Waals surface area contributed by atoms with Crippen molar-refractivity contribution in [2.45, 2.75) is 6.54 Å². The molecule has 2 N–H and O–H groups in total. The Labute approximate surface area is 140 Å². The maximum atomic E-state index is 12.8. The van der Waals surface area contributed by atoms with Crippen LogP contribution in [0.15, 0.2) is 48.8 Å². The topological polar surface area (TPSA) is 66.3 Å². The van der Waals surface area contributed by atoms with E-state index in [0.717, 1.165) is 43.6 Å². The minimum atomic E-state index is 0.0235. The monoisotopic (exact) mass is 322 g/mol. The van der Waals surface area contributed by atoms with Crippen molar-refractivity contribution in [3.8, 4) is 0 Å². The third-order valence-electron chi connectivity index (χ3n) is 4.63. The lowest BCUT2D eigenvalue weighted by Gasteiger charge is -2.31. The molecule has 6 heteroatoms. The second-order valence-corrected chi connectivity index (χ2v) is 6.19. The number of amides is 1. The van der Waals surface area contributed by atoms with Crippen LogP contribution in [-0.4, -0.2) is 52.2 Å². The zero-order valence-corrected chi connectivity index (χ0v) is 13.4. The molecule has 1 amide bonds. The van der Waals surface area contributed by atoms with E-state index >= 15 is 0 Å². The van der Waals surface area contributed by atoms with Crippen molar-refractivity contribution >= 4 is 16.8 Å². The molecule has 0 unspecified atom stereocenters. The average Bonchev–Trinajstić information content (AvgIpc) is 3.07. The molecule has 0 spiro atoms. The van der Waals surface area contributed by atoms with E-state index in [0.29, 0.717) is 5.69 Å². The fraction of sp³-hybridized carbons (Fsp3) is 0.278. The number of piperazine rings is 1. The van der Waals surface area contributed by atoms with Gasteiger partial charge in [0.15, 0.2) is 5.69 Å². The summed E-state index contributed by atoms with van der Waals surface area (Å²) < 4.78 is 0. The number of benzene rings is 1. The molecule has 3 heterocycles. The first-order valence-corrected chi connectivity index (χ1v) is 8.26. The van der Waals surface area contributed by atoms with Gasteiger partial charge in [0, 0.05) is 23.3 Å². The molecule has 1 aromatic carbocycles. The van der Waals surface area contributed by atoms with Crippen LogP contribution in [0.5, 0.6) is 0 Å². The van der Waals surface area contributed by atoms with Crippen LogP contribution < -0.4 is 4.90 Å². The molecule has 0 bridgehead atoms. The molecule has 2 aromatic heterocycles. The van der Waals surface area contributed by atoms with Gasteiger partial charge in [0.25, 0.3) is 5.91 Å². The van der Waals surface area contributed by atoms with Crippen LogP contribution in [0.1, 0.15) is 16.1 Å². The normalized spacial score (nSPS) is 15.8. The first kappa shape index (κ1) is 14.8. The number of hydrogen-bond donors (Lipinski definition) is 2. The van der Waals surface area contributed by atoms with Crippen LogP contribution in [0.4, 0.5) is 0 Å². The lowest BCUT2D eigenvalue weighted by atomic mass is 10.2. The summed E-state index contributed by atoms with van der Waals surface area (Å²) in [5.74, 6) is 0.0235. The van der Waals surface area contributed by atoms with Gasteiger partial charge in [-0.2, -0.15) is 5.10 Å². The molecule has 1 aliphatic heterocycles. The highest BCUT2D eigenvalue weighted by Gasteiger charge is 2.27. The van der Waals surface area contributed by atoms with Crippen molar-refractivity contribution < 1.29 is 9.69 Å². The highest BCUT2D eigenvalue weighted by atomic mass is 16.2. The van der Waals surface area contributed by atoms with E-state index in [4.69, 9.17) is 0 Å². The van der Waals surface area contributed by atoms with Crippen molar-refractivity contribution in [2.24, 2.45) is 0 Å². The Kier molecular flexibility index (Phi) is 3.96. The minimum Gasteiger partial charge on any atom is -0.328 e. The van der Waals surface area contributed by atoms with Crippen LogP contribution in [0.2, 0.25) is 0 Å². The third-order valence-corrected chi connectivity index (χ3v) is 4.63. The number of quaternary nitrogens is 1. The predicted molar refractivity (Wildman–Crippen MR) is 90.6 cm³/mol. The largest absolute Gasteiger partial charge is 0.328 e. The summed E-state index contributed by atoms with van der Waals surface area (Å²) in [6, 6.07) is 11.9. The molecule has 6 nitrogen and oxygen atoms in total. The lowest BCUT2D eigenvalue weighted by Crippen LogP contribution is -3.13. The zero-order valence-electron chi connectivity index (χ0n) is 13.4. The molecule has 0 radical (unpaired) electrons. The number of nitrogens with zero attached hydrogens (tertiary/aromatic N) is 3. The van der Waals surface area contributed by atoms with Crippen molar-refractivity contribution in [3.05, 3.63) is 60.0 Å². The zero-order chi connectivity index (χ0) is 16.4. The maximum absolute atomic E-state index is 12.8. The lowest BCUT2D eigenvalue weighted by molar-refractivity contribution is -0.917.